The van der Waals surface area contributed by atoms with Gasteiger partial charge in [-0.05, 0) is 44.6 Å². The molecule has 2 aromatic rings. The average Bonchev–Trinajstić information content (AvgIpc) is 3.24. The Morgan fingerprint density at radius 1 is 1.35 bits per heavy atom. The topological polar surface area (TPSA) is 97.6 Å². The highest BCUT2D eigenvalue weighted by atomic mass is 32.2. The monoisotopic (exact) mass is 483 g/mol. The predicted molar refractivity (Wildman–Crippen MR) is 130 cm³/mol. The van der Waals surface area contributed by atoms with Crippen LogP contribution in [0.25, 0.3) is 0 Å². The fourth-order valence-electron chi connectivity index (χ4n) is 3.42. The molecular weight excluding hydrogens is 457 g/mol. The normalized spacial score (nSPS) is 18.1. The van der Waals surface area contributed by atoms with Crippen LogP contribution in [0.5, 0.6) is 5.75 Å². The summed E-state index contributed by atoms with van der Waals surface area (Å²) >= 11 is 0. The number of ether oxygens (including phenoxy) is 1. The van der Waals surface area contributed by atoms with Crippen LogP contribution in [0.4, 0.5) is 10.1 Å². The highest BCUT2D eigenvalue weighted by molar-refractivity contribution is 7.88. The summed E-state index contributed by atoms with van der Waals surface area (Å²) in [6.07, 6.45) is 11.6. The van der Waals surface area contributed by atoms with Crippen molar-refractivity contribution in [2.75, 3.05) is 11.6 Å². The van der Waals surface area contributed by atoms with Gasteiger partial charge in [-0.15, -0.1) is 0 Å². The van der Waals surface area contributed by atoms with E-state index in [1.54, 1.807) is 41.5 Å². The van der Waals surface area contributed by atoms with Gasteiger partial charge in [0.05, 0.1) is 30.2 Å². The van der Waals surface area contributed by atoms with E-state index in [0.29, 0.717) is 22.0 Å². The molecular formula is C24H26FN5O3S. The van der Waals surface area contributed by atoms with Crippen LogP contribution in [0, 0.1) is 5.82 Å². The van der Waals surface area contributed by atoms with Crippen LogP contribution in [0.2, 0.25) is 0 Å². The molecule has 1 aromatic carbocycles. The van der Waals surface area contributed by atoms with Gasteiger partial charge in [0, 0.05) is 39.8 Å². The van der Waals surface area contributed by atoms with Crippen molar-refractivity contribution in [3.63, 3.8) is 0 Å². The molecule has 0 saturated heterocycles. The van der Waals surface area contributed by atoms with Crippen LogP contribution in [0.15, 0.2) is 70.2 Å². The lowest BCUT2D eigenvalue weighted by Gasteiger charge is -2.23. The van der Waals surface area contributed by atoms with Crippen molar-refractivity contribution in [1.82, 2.24) is 15.1 Å². The van der Waals surface area contributed by atoms with E-state index in [0.717, 1.165) is 0 Å². The summed E-state index contributed by atoms with van der Waals surface area (Å²) in [4.78, 5) is 17.4. The van der Waals surface area contributed by atoms with Crippen LogP contribution >= 0.6 is 0 Å². The lowest BCUT2D eigenvalue weighted by molar-refractivity contribution is -0.115. The van der Waals surface area contributed by atoms with Gasteiger partial charge in [0.2, 0.25) is 11.8 Å². The molecule has 0 spiro atoms. The maximum absolute atomic E-state index is 14.8. The largest absolute Gasteiger partial charge is 0.441 e. The molecule has 1 aromatic heterocycles. The van der Waals surface area contributed by atoms with E-state index in [2.05, 4.69) is 20.7 Å². The first-order valence-corrected chi connectivity index (χ1v) is 12.2. The molecule has 1 aliphatic heterocycles. The fraction of sp³-hybridized carbons (Fsp3) is 0.292. The molecule has 2 unspecified atom stereocenters. The molecule has 8 nitrogen and oxygen atoms in total. The Hall–Kier alpha value is -3.53. The van der Waals surface area contributed by atoms with E-state index in [1.807, 2.05) is 26.8 Å². The maximum atomic E-state index is 14.8. The summed E-state index contributed by atoms with van der Waals surface area (Å²) in [7, 11) is -1.16. The number of nitrogens with one attached hydrogen (secondary N) is 2. The summed E-state index contributed by atoms with van der Waals surface area (Å²) < 4.78 is 34.2. The Kier molecular flexibility index (Phi) is 6.52. The number of hydrogen-bond donors (Lipinski definition) is 2. The van der Waals surface area contributed by atoms with Crippen molar-refractivity contribution in [3.8, 4) is 5.75 Å². The Morgan fingerprint density at radius 3 is 2.82 bits per heavy atom. The summed E-state index contributed by atoms with van der Waals surface area (Å²) in [5.41, 5.74) is 1.29. The Labute approximate surface area is 199 Å². The third-order valence-corrected chi connectivity index (χ3v) is 6.15. The van der Waals surface area contributed by atoms with E-state index in [1.165, 1.54) is 18.5 Å². The van der Waals surface area contributed by atoms with Crippen LogP contribution in [0.1, 0.15) is 26.3 Å². The molecule has 178 valence electrons. The average molecular weight is 484 g/mol. The van der Waals surface area contributed by atoms with Gasteiger partial charge < -0.3 is 15.4 Å². The van der Waals surface area contributed by atoms with Crippen LogP contribution in [0.3, 0.4) is 0 Å². The SMILES string of the molecule is CS(=O)C1=CC2=C(Oc3ccc(CC(=O)Nc4cnn(C(C)(C)C)c4)c(F)c3)NC=NC2C=C1. The number of aliphatic imine (C=N–C) groups is 1. The number of carbonyl (C=O) groups excluding carboxylic acids is 1. The molecule has 0 bridgehead atoms. The molecule has 1 amide bonds. The van der Waals surface area contributed by atoms with Crippen molar-refractivity contribution in [1.29, 1.82) is 0 Å². The van der Waals surface area contributed by atoms with Crippen molar-refractivity contribution in [3.05, 3.63) is 76.6 Å². The molecule has 0 fully saturated rings. The molecule has 1 aliphatic carbocycles. The number of benzene rings is 1. The van der Waals surface area contributed by atoms with Gasteiger partial charge >= 0.3 is 0 Å². The Bertz CT molecular complexity index is 1270. The molecule has 0 saturated carbocycles. The third kappa shape index (κ3) is 5.33. The van der Waals surface area contributed by atoms with Gasteiger partial charge in [-0.3, -0.25) is 18.7 Å². The van der Waals surface area contributed by atoms with Gasteiger partial charge in [-0.2, -0.15) is 5.10 Å². The van der Waals surface area contributed by atoms with Gasteiger partial charge in [0.1, 0.15) is 17.6 Å². The first kappa shape index (κ1) is 23.6. The summed E-state index contributed by atoms with van der Waals surface area (Å²) in [5.74, 6) is -0.260. The number of carbonyl (C=O) groups is 1. The molecule has 2 aliphatic rings. The van der Waals surface area contributed by atoms with Crippen LogP contribution < -0.4 is 15.4 Å². The van der Waals surface area contributed by atoms with Gasteiger partial charge in [-0.25, -0.2) is 4.39 Å². The highest BCUT2D eigenvalue weighted by Crippen LogP contribution is 2.27. The second-order valence-corrected chi connectivity index (χ2v) is 10.3. The molecule has 2 atom stereocenters. The van der Waals surface area contributed by atoms with Crippen molar-refractivity contribution in [2.45, 2.75) is 38.8 Å². The number of amides is 1. The Morgan fingerprint density at radius 2 is 2.15 bits per heavy atom. The van der Waals surface area contributed by atoms with E-state index in [9.17, 15) is 13.4 Å². The predicted octanol–water partition coefficient (Wildman–Crippen LogP) is 3.38. The number of nitrogens with zero attached hydrogens (tertiary/aromatic N) is 3. The van der Waals surface area contributed by atoms with E-state index >= 15 is 0 Å². The number of rotatable bonds is 6. The molecule has 2 N–H and O–H groups in total. The maximum Gasteiger partial charge on any atom is 0.228 e. The van der Waals surface area contributed by atoms with Crippen molar-refractivity contribution in [2.24, 2.45) is 4.99 Å². The van der Waals surface area contributed by atoms with E-state index in [-0.39, 0.29) is 35.2 Å². The lowest BCUT2D eigenvalue weighted by atomic mass is 10.0. The number of fused-ring (bicyclic) bond motifs is 1. The standard InChI is InChI=1S/C24H26FN5O3S/c1-24(2,3)30-13-16(12-28-30)29-22(31)9-15-5-6-17(10-20(15)25)33-23-19-11-18(34(4)32)7-8-21(19)26-14-27-23/h5-8,10-14,21H,9H2,1-4H3,(H,26,27)(H,29,31). The minimum atomic E-state index is -1.16. The molecule has 0 radical (unpaired) electrons. The molecule has 4 rings (SSSR count). The lowest BCUT2D eigenvalue weighted by Crippen LogP contribution is -2.28. The second-order valence-electron chi connectivity index (χ2n) is 8.94. The Balaban J connectivity index is 1.45. The first-order valence-electron chi connectivity index (χ1n) is 10.7. The number of aromatic nitrogens is 2. The van der Waals surface area contributed by atoms with Crippen molar-refractivity contribution >= 4 is 28.7 Å². The third-order valence-electron chi connectivity index (χ3n) is 5.23. The molecule has 34 heavy (non-hydrogen) atoms. The molecule has 10 heteroatoms. The van der Waals surface area contributed by atoms with Gasteiger partial charge in [-0.1, -0.05) is 12.1 Å². The van der Waals surface area contributed by atoms with E-state index in [4.69, 9.17) is 4.74 Å². The number of anilines is 1. The highest BCUT2D eigenvalue weighted by Gasteiger charge is 2.23. The smallest absolute Gasteiger partial charge is 0.228 e. The summed E-state index contributed by atoms with van der Waals surface area (Å²) in [6.45, 7) is 6.01. The van der Waals surface area contributed by atoms with E-state index < -0.39 is 16.6 Å². The van der Waals surface area contributed by atoms with Crippen molar-refractivity contribution < 1.29 is 18.1 Å². The summed E-state index contributed by atoms with van der Waals surface area (Å²) in [5, 5.41) is 9.91. The van der Waals surface area contributed by atoms with Crippen LogP contribution in [-0.4, -0.2) is 38.5 Å². The number of hydrogen-bond acceptors (Lipinski definition) is 6. The zero-order valence-corrected chi connectivity index (χ0v) is 20.1. The molecule has 2 heterocycles. The zero-order chi connectivity index (χ0) is 24.5. The van der Waals surface area contributed by atoms with Gasteiger partial charge in [0.15, 0.2) is 0 Å². The van der Waals surface area contributed by atoms with Gasteiger partial charge in [0.25, 0.3) is 0 Å². The first-order chi connectivity index (χ1) is 16.1. The number of halogens is 1. The van der Waals surface area contributed by atoms with Crippen LogP contribution in [-0.2, 0) is 27.6 Å². The zero-order valence-electron chi connectivity index (χ0n) is 19.3. The summed E-state index contributed by atoms with van der Waals surface area (Å²) in [6, 6.07) is 4.09. The number of allylic oxidation sites excluding steroid dienone is 1. The fourth-order valence-corrected chi connectivity index (χ4v) is 3.98. The quantitative estimate of drug-likeness (QED) is 0.657. The minimum absolute atomic E-state index is 0.132. The minimum Gasteiger partial charge on any atom is -0.441 e. The second kappa shape index (κ2) is 9.38.